The third kappa shape index (κ3) is 16.4. The Bertz CT molecular complexity index is 1830. The van der Waals surface area contributed by atoms with Gasteiger partial charge in [0.15, 0.2) is 0 Å². The second kappa shape index (κ2) is 24.3. The van der Waals surface area contributed by atoms with Crippen molar-refractivity contribution >= 4 is 13.9 Å². The number of rotatable bonds is 26. The first kappa shape index (κ1) is 43.6. The summed E-state index contributed by atoms with van der Waals surface area (Å²) in [5.41, 5.74) is 4.66. The molecule has 0 heterocycles. The van der Waals surface area contributed by atoms with Crippen LogP contribution in [-0.4, -0.2) is 24.8 Å². The summed E-state index contributed by atoms with van der Waals surface area (Å²) in [6.45, 7) is 2.42. The number of unbranched alkanes of at least 4 members (excludes halogenated alkanes) is 5. The smallest absolute Gasteiger partial charge is 0.445 e. The molecular formula is C48H58NO7P. The Morgan fingerprint density at radius 1 is 0.509 bits per heavy atom. The van der Waals surface area contributed by atoms with Crippen molar-refractivity contribution in [3.8, 4) is 0 Å². The van der Waals surface area contributed by atoms with Crippen LogP contribution in [0.15, 0.2) is 146 Å². The van der Waals surface area contributed by atoms with Crippen molar-refractivity contribution in [1.82, 2.24) is 5.32 Å². The van der Waals surface area contributed by atoms with Crippen molar-refractivity contribution < 1.29 is 32.4 Å². The molecule has 1 N–H and O–H groups in total. The molecule has 9 heteroatoms. The lowest BCUT2D eigenvalue weighted by Gasteiger charge is -2.35. The van der Waals surface area contributed by atoms with E-state index in [2.05, 4.69) is 36.5 Å². The molecule has 0 bridgehead atoms. The predicted octanol–water partition coefficient (Wildman–Crippen LogP) is 12.0. The number of ether oxygens (including phenoxy) is 2. The van der Waals surface area contributed by atoms with E-state index in [0.29, 0.717) is 19.4 Å². The molecule has 1 unspecified atom stereocenters. The average molecular weight is 792 g/mol. The van der Waals surface area contributed by atoms with Gasteiger partial charge in [0, 0.05) is 0 Å². The van der Waals surface area contributed by atoms with Gasteiger partial charge in [0.25, 0.3) is 0 Å². The lowest BCUT2D eigenvalue weighted by molar-refractivity contribution is 0.0105. The molecular weight excluding hydrogens is 734 g/mol. The van der Waals surface area contributed by atoms with Gasteiger partial charge in [-0.25, -0.2) is 9.36 Å². The number of carbonyl (C=O) groups is 1. The van der Waals surface area contributed by atoms with Gasteiger partial charge in [0.1, 0.15) is 6.61 Å². The minimum Gasteiger partial charge on any atom is -0.445 e. The van der Waals surface area contributed by atoms with Crippen LogP contribution in [0.4, 0.5) is 4.79 Å². The van der Waals surface area contributed by atoms with Gasteiger partial charge in [-0.15, -0.1) is 0 Å². The number of phosphoric ester groups is 1. The van der Waals surface area contributed by atoms with Crippen LogP contribution in [0.3, 0.4) is 0 Å². The summed E-state index contributed by atoms with van der Waals surface area (Å²) in [5, 5.41) is 3.09. The molecule has 0 aromatic heterocycles. The lowest BCUT2D eigenvalue weighted by atomic mass is 9.92. The summed E-state index contributed by atoms with van der Waals surface area (Å²) in [6.07, 6.45) is 8.92. The van der Waals surface area contributed by atoms with Gasteiger partial charge < -0.3 is 14.8 Å². The number of hydrogen-bond acceptors (Lipinski definition) is 7. The average Bonchev–Trinajstić information content (AvgIpc) is 3.26. The topological polar surface area (TPSA) is 92.3 Å². The number of phosphoric acid groups is 1. The van der Waals surface area contributed by atoms with Crippen LogP contribution in [0.1, 0.15) is 85.3 Å². The first-order chi connectivity index (χ1) is 27.9. The van der Waals surface area contributed by atoms with Crippen LogP contribution in [0.2, 0.25) is 0 Å². The summed E-state index contributed by atoms with van der Waals surface area (Å²) in [7, 11) is -4.21. The maximum Gasteiger partial charge on any atom is 0.475 e. The second-order valence-corrected chi connectivity index (χ2v) is 16.2. The fourth-order valence-corrected chi connectivity index (χ4v) is 7.61. The third-order valence-electron chi connectivity index (χ3n) is 9.77. The number of benzene rings is 5. The first-order valence-corrected chi connectivity index (χ1v) is 21.7. The summed E-state index contributed by atoms with van der Waals surface area (Å²) in [6, 6.07) is 46.9. The van der Waals surface area contributed by atoms with Crippen LogP contribution in [0, 0.1) is 0 Å². The zero-order valence-electron chi connectivity index (χ0n) is 33.3. The normalized spacial score (nSPS) is 12.5. The Hall–Kier alpha value is -4.56. The van der Waals surface area contributed by atoms with Gasteiger partial charge in [-0.2, -0.15) is 0 Å². The first-order valence-electron chi connectivity index (χ1n) is 20.2. The molecule has 0 aliphatic heterocycles. The van der Waals surface area contributed by atoms with Gasteiger partial charge in [-0.1, -0.05) is 185 Å². The highest BCUT2D eigenvalue weighted by Gasteiger charge is 2.38. The number of aryl methyl sites for hydroxylation is 2. The van der Waals surface area contributed by atoms with Gasteiger partial charge in [0.05, 0.1) is 38.6 Å². The fourth-order valence-electron chi connectivity index (χ4n) is 6.37. The molecule has 8 nitrogen and oxygen atoms in total. The molecule has 1 amide bonds. The van der Waals surface area contributed by atoms with E-state index in [1.807, 2.05) is 121 Å². The summed E-state index contributed by atoms with van der Waals surface area (Å²) >= 11 is 0. The van der Waals surface area contributed by atoms with Crippen LogP contribution in [0.25, 0.3) is 0 Å². The predicted molar refractivity (Wildman–Crippen MR) is 226 cm³/mol. The molecule has 5 aromatic rings. The van der Waals surface area contributed by atoms with Crippen LogP contribution >= 0.6 is 7.82 Å². The molecule has 0 aliphatic carbocycles. The SMILES string of the molecule is CCCCCCCCc1ccc(CCC(COCc2ccccc2)(COP(=O)(OCc2ccccc2)OCc2ccccc2)NC(=O)OCc2ccccc2)cc1. The molecule has 57 heavy (non-hydrogen) atoms. The van der Waals surface area contributed by atoms with Crippen molar-refractivity contribution in [2.75, 3.05) is 13.2 Å². The molecule has 302 valence electrons. The summed E-state index contributed by atoms with van der Waals surface area (Å²) in [5.74, 6) is 0. The molecule has 0 saturated heterocycles. The highest BCUT2D eigenvalue weighted by molar-refractivity contribution is 7.48. The highest BCUT2D eigenvalue weighted by atomic mass is 31.2. The Kier molecular flexibility index (Phi) is 18.5. The van der Waals surface area contributed by atoms with E-state index in [9.17, 15) is 9.36 Å². The standard InChI is InChI=1S/C48H58NO7P/c1-2-3-4-5-6-11-20-41-29-31-42(32-30-41)33-34-48(39-52-35-43-21-12-7-13-22-43,49-47(50)53-36-44-23-14-8-15-24-44)40-56-57(51,54-37-45-25-16-9-17-26-45)55-38-46-27-18-10-19-28-46/h7-10,12-19,21-32H,2-6,11,20,33-40H2,1H3,(H,49,50). The zero-order valence-corrected chi connectivity index (χ0v) is 34.2. The summed E-state index contributed by atoms with van der Waals surface area (Å²) in [4.78, 5) is 13.7. The van der Waals surface area contributed by atoms with E-state index in [-0.39, 0.29) is 33.0 Å². The minimum absolute atomic E-state index is 0.00203. The van der Waals surface area contributed by atoms with E-state index in [1.165, 1.54) is 44.1 Å². The zero-order chi connectivity index (χ0) is 39.9. The van der Waals surface area contributed by atoms with E-state index < -0.39 is 19.5 Å². The molecule has 5 rings (SSSR count). The third-order valence-corrected chi connectivity index (χ3v) is 11.1. The second-order valence-electron chi connectivity index (χ2n) is 14.5. The minimum atomic E-state index is -4.21. The highest BCUT2D eigenvalue weighted by Crippen LogP contribution is 2.51. The van der Waals surface area contributed by atoms with Gasteiger partial charge in [-0.05, 0) is 59.1 Å². The van der Waals surface area contributed by atoms with Crippen molar-refractivity contribution in [3.05, 3.63) is 179 Å². The number of amides is 1. The monoisotopic (exact) mass is 791 g/mol. The summed E-state index contributed by atoms with van der Waals surface area (Å²) < 4.78 is 44.8. The maximum atomic E-state index is 14.5. The molecule has 0 spiro atoms. The molecule has 0 aliphatic rings. The van der Waals surface area contributed by atoms with E-state index >= 15 is 0 Å². The molecule has 0 saturated carbocycles. The molecule has 1 atom stereocenters. The quantitative estimate of drug-likeness (QED) is 0.0440. The fraction of sp³-hybridized carbons (Fsp3) is 0.354. The lowest BCUT2D eigenvalue weighted by Crippen LogP contribution is -2.55. The molecule has 0 radical (unpaired) electrons. The van der Waals surface area contributed by atoms with E-state index in [0.717, 1.165) is 34.2 Å². The van der Waals surface area contributed by atoms with Crippen LogP contribution in [-0.2, 0) is 66.9 Å². The van der Waals surface area contributed by atoms with Gasteiger partial charge in [0.2, 0.25) is 0 Å². The number of alkyl carbamates (subject to hydrolysis) is 1. The van der Waals surface area contributed by atoms with Gasteiger partial charge in [-0.3, -0.25) is 13.6 Å². The molecule has 5 aromatic carbocycles. The number of hydrogen-bond donors (Lipinski definition) is 1. The van der Waals surface area contributed by atoms with Crippen molar-refractivity contribution in [1.29, 1.82) is 0 Å². The Labute approximate surface area is 339 Å². The van der Waals surface area contributed by atoms with Crippen LogP contribution in [0.5, 0.6) is 0 Å². The van der Waals surface area contributed by atoms with E-state index in [1.54, 1.807) is 0 Å². The largest absolute Gasteiger partial charge is 0.475 e. The van der Waals surface area contributed by atoms with Crippen LogP contribution < -0.4 is 5.32 Å². The van der Waals surface area contributed by atoms with Gasteiger partial charge >= 0.3 is 13.9 Å². The molecule has 0 fully saturated rings. The van der Waals surface area contributed by atoms with Crippen molar-refractivity contribution in [2.45, 2.75) is 96.7 Å². The maximum absolute atomic E-state index is 14.5. The Morgan fingerprint density at radius 3 is 1.49 bits per heavy atom. The number of nitrogens with one attached hydrogen (secondary N) is 1. The van der Waals surface area contributed by atoms with Crippen molar-refractivity contribution in [2.24, 2.45) is 0 Å². The van der Waals surface area contributed by atoms with E-state index in [4.69, 9.17) is 23.0 Å². The Morgan fingerprint density at radius 2 is 0.965 bits per heavy atom. The Balaban J connectivity index is 1.36. The van der Waals surface area contributed by atoms with Crippen molar-refractivity contribution in [3.63, 3.8) is 0 Å². The number of carbonyl (C=O) groups excluding carboxylic acids is 1.